The highest BCUT2D eigenvalue weighted by molar-refractivity contribution is 6.32. The third kappa shape index (κ3) is 12.1. The predicted molar refractivity (Wildman–Crippen MR) is 219 cm³/mol. The first kappa shape index (κ1) is 42.4. The second-order valence-corrected chi connectivity index (χ2v) is 14.2. The molecule has 1 N–H and O–H groups in total. The van der Waals surface area contributed by atoms with Gasteiger partial charge in [0.1, 0.15) is 22.5 Å². The number of hydrogen-bond donors (Lipinski definition) is 1. The third-order valence-electron chi connectivity index (χ3n) is 7.96. The molecule has 292 valence electrons. The van der Waals surface area contributed by atoms with Crippen molar-refractivity contribution in [2.24, 2.45) is 0 Å². The van der Waals surface area contributed by atoms with Crippen LogP contribution in [0, 0.1) is 5.82 Å². The zero-order valence-corrected chi connectivity index (χ0v) is 33.9. The summed E-state index contributed by atoms with van der Waals surface area (Å²) in [7, 11) is 0. The van der Waals surface area contributed by atoms with Gasteiger partial charge in [-0.1, -0.05) is 59.1 Å². The van der Waals surface area contributed by atoms with Crippen molar-refractivity contribution in [3.8, 4) is 11.6 Å². The fourth-order valence-electron chi connectivity index (χ4n) is 5.24. The molecular weight excluding hydrogens is 825 g/mol. The number of rotatable bonds is 12. The van der Waals surface area contributed by atoms with Crippen molar-refractivity contribution in [2.45, 2.75) is 37.7 Å². The van der Waals surface area contributed by atoms with Crippen molar-refractivity contribution >= 4 is 75.6 Å². The number of carbonyl (C=O) groups excluding carboxylic acids is 2. The van der Waals surface area contributed by atoms with E-state index in [0.29, 0.717) is 57.6 Å². The number of esters is 2. The van der Waals surface area contributed by atoms with Crippen LogP contribution in [0.2, 0.25) is 10.0 Å². The van der Waals surface area contributed by atoms with E-state index in [-0.39, 0.29) is 12.5 Å². The summed E-state index contributed by atoms with van der Waals surface area (Å²) in [4.78, 5) is 31.8. The lowest BCUT2D eigenvalue weighted by atomic mass is 10.1. The summed E-state index contributed by atoms with van der Waals surface area (Å²) < 4.78 is 28.8. The molecule has 2 unspecified atom stereocenters. The fourth-order valence-corrected chi connectivity index (χ4v) is 6.32. The lowest BCUT2D eigenvalue weighted by Gasteiger charge is -2.30. The van der Waals surface area contributed by atoms with Gasteiger partial charge in [0.2, 0.25) is 5.88 Å². The van der Waals surface area contributed by atoms with E-state index in [0.717, 1.165) is 23.0 Å². The van der Waals surface area contributed by atoms with Crippen LogP contribution in [0.4, 0.5) is 10.1 Å². The molecular formula is C41H36Cl5FN4O5. The second-order valence-electron chi connectivity index (χ2n) is 12.0. The molecule has 56 heavy (non-hydrogen) atoms. The van der Waals surface area contributed by atoms with Crippen LogP contribution in [0.5, 0.6) is 11.6 Å². The average Bonchev–Trinajstić information content (AvgIpc) is 3.17. The standard InChI is InChI=1S/C26H22Cl2FN3O3.C15H14Cl3NO2/c1-2-34-26(33)22-16-32(15-17-3-5-18(27)6-4-17)24(13-23(22)28)31-20-8-10-21(11-9-20)35-25-12-7-19(29)14-30-25;1-2-21-15(20)12-9-19(14(18)7-13(12)17)8-10-3-5-11(16)6-4-10/h3-14,16,23,31H,2,15H2,1H3;3-7,9,13H,2,8H2,1H3. The zero-order chi connectivity index (χ0) is 40.2. The van der Waals surface area contributed by atoms with E-state index in [1.807, 2.05) is 53.4 Å². The lowest BCUT2D eigenvalue weighted by molar-refractivity contribution is -0.139. The Labute approximate surface area is 349 Å². The van der Waals surface area contributed by atoms with Gasteiger partial charge in [-0.25, -0.2) is 19.0 Å². The van der Waals surface area contributed by atoms with Crippen molar-refractivity contribution in [1.29, 1.82) is 0 Å². The van der Waals surface area contributed by atoms with Crippen molar-refractivity contribution in [3.05, 3.63) is 165 Å². The summed E-state index contributed by atoms with van der Waals surface area (Å²) in [5, 5.41) is 3.88. The molecule has 2 aliphatic heterocycles. The van der Waals surface area contributed by atoms with E-state index in [2.05, 4.69) is 10.3 Å². The molecule has 1 aromatic heterocycles. The maximum atomic E-state index is 13.0. The monoisotopic (exact) mass is 858 g/mol. The van der Waals surface area contributed by atoms with E-state index in [1.165, 1.54) is 12.1 Å². The van der Waals surface area contributed by atoms with E-state index in [4.69, 9.17) is 72.2 Å². The molecule has 2 atom stereocenters. The van der Waals surface area contributed by atoms with Crippen LogP contribution in [0.1, 0.15) is 25.0 Å². The number of carbonyl (C=O) groups is 2. The smallest absolute Gasteiger partial charge is 0.337 e. The summed E-state index contributed by atoms with van der Waals surface area (Å²) in [6.45, 7) is 5.04. The number of ether oxygens (including phenoxy) is 3. The molecule has 2 aliphatic rings. The molecule has 15 heteroatoms. The summed E-state index contributed by atoms with van der Waals surface area (Å²) in [6.07, 6.45) is 7.80. The highest BCUT2D eigenvalue weighted by Gasteiger charge is 2.27. The van der Waals surface area contributed by atoms with Crippen LogP contribution in [0.25, 0.3) is 0 Å². The normalized spacial score (nSPS) is 16.3. The van der Waals surface area contributed by atoms with Crippen LogP contribution in [0.3, 0.4) is 0 Å². The van der Waals surface area contributed by atoms with Gasteiger partial charge in [0, 0.05) is 47.3 Å². The summed E-state index contributed by atoms with van der Waals surface area (Å²) in [5.74, 6) is 0.210. The Morgan fingerprint density at radius 3 is 1.75 bits per heavy atom. The van der Waals surface area contributed by atoms with E-state index in [1.54, 1.807) is 67.6 Å². The van der Waals surface area contributed by atoms with Crippen molar-refractivity contribution in [3.63, 3.8) is 0 Å². The highest BCUT2D eigenvalue weighted by Crippen LogP contribution is 2.30. The minimum absolute atomic E-state index is 0.258. The first-order valence-corrected chi connectivity index (χ1v) is 19.3. The Morgan fingerprint density at radius 1 is 0.714 bits per heavy atom. The summed E-state index contributed by atoms with van der Waals surface area (Å²) >= 11 is 30.7. The maximum Gasteiger partial charge on any atom is 0.337 e. The van der Waals surface area contributed by atoms with Gasteiger partial charge in [0.15, 0.2) is 0 Å². The number of halogens is 6. The Hall–Kier alpha value is -4.71. The number of hydrogen-bond acceptors (Lipinski definition) is 9. The van der Waals surface area contributed by atoms with E-state index < -0.39 is 28.5 Å². The molecule has 0 amide bonds. The third-order valence-corrected chi connectivity index (χ3v) is 9.53. The van der Waals surface area contributed by atoms with Gasteiger partial charge < -0.3 is 29.3 Å². The van der Waals surface area contributed by atoms with Crippen molar-refractivity contribution < 1.29 is 28.2 Å². The van der Waals surface area contributed by atoms with Gasteiger partial charge in [-0.2, -0.15) is 0 Å². The van der Waals surface area contributed by atoms with Crippen LogP contribution < -0.4 is 10.1 Å². The van der Waals surface area contributed by atoms with Crippen LogP contribution in [0.15, 0.2) is 138 Å². The topological polar surface area (TPSA) is 93.2 Å². The second kappa shape index (κ2) is 20.5. The van der Waals surface area contributed by atoms with Gasteiger partial charge in [0.25, 0.3) is 0 Å². The minimum atomic E-state index is -0.662. The molecule has 6 rings (SSSR count). The van der Waals surface area contributed by atoms with Gasteiger partial charge in [-0.3, -0.25) is 0 Å². The van der Waals surface area contributed by atoms with Crippen LogP contribution >= 0.6 is 58.0 Å². The van der Waals surface area contributed by atoms with Crippen molar-refractivity contribution in [1.82, 2.24) is 14.8 Å². The SMILES string of the molecule is CCOC(=O)C1=CN(Cc2ccc(Cl)cc2)C(Cl)=CC1Cl.CCOC(=O)C1=CN(Cc2ccc(Cl)cc2)C(Nc2ccc(Oc3ccc(F)cn3)cc2)=CC1Cl. The number of pyridine rings is 1. The molecule has 0 spiro atoms. The van der Waals surface area contributed by atoms with E-state index in [9.17, 15) is 14.0 Å². The molecule has 0 radical (unpaired) electrons. The largest absolute Gasteiger partial charge is 0.463 e. The number of anilines is 1. The average molecular weight is 861 g/mol. The lowest BCUT2D eigenvalue weighted by Crippen LogP contribution is -2.30. The number of benzene rings is 3. The first-order chi connectivity index (χ1) is 26.9. The fraction of sp³-hybridized carbons (Fsp3) is 0.195. The molecule has 4 aromatic rings. The Kier molecular flexibility index (Phi) is 15.5. The number of aromatic nitrogens is 1. The molecule has 3 heterocycles. The molecule has 0 fully saturated rings. The number of nitrogens with one attached hydrogen (secondary N) is 1. The number of alkyl halides is 2. The van der Waals surface area contributed by atoms with Gasteiger partial charge >= 0.3 is 11.9 Å². The summed E-state index contributed by atoms with van der Waals surface area (Å²) in [6, 6.07) is 24.8. The predicted octanol–water partition coefficient (Wildman–Crippen LogP) is 10.8. The Balaban J connectivity index is 0.000000244. The zero-order valence-electron chi connectivity index (χ0n) is 30.1. The molecule has 9 nitrogen and oxygen atoms in total. The maximum absolute atomic E-state index is 13.0. The molecule has 0 saturated heterocycles. The molecule has 0 aliphatic carbocycles. The molecule has 0 bridgehead atoms. The Bertz CT molecular complexity index is 2090. The Morgan fingerprint density at radius 2 is 1.23 bits per heavy atom. The van der Waals surface area contributed by atoms with E-state index >= 15 is 0 Å². The molecule has 0 saturated carbocycles. The number of allylic oxidation sites excluding steroid dienone is 2. The van der Waals surface area contributed by atoms with Gasteiger partial charge in [0.05, 0.1) is 41.3 Å². The highest BCUT2D eigenvalue weighted by atomic mass is 35.5. The van der Waals surface area contributed by atoms with Gasteiger partial charge in [-0.05, 0) is 91.7 Å². The molecule has 3 aromatic carbocycles. The quantitative estimate of drug-likeness (QED) is 0.0849. The van der Waals surface area contributed by atoms with Gasteiger partial charge in [-0.15, -0.1) is 23.2 Å². The van der Waals surface area contributed by atoms with Crippen LogP contribution in [-0.4, -0.2) is 50.7 Å². The minimum Gasteiger partial charge on any atom is -0.463 e. The van der Waals surface area contributed by atoms with Crippen LogP contribution in [-0.2, 0) is 32.2 Å². The van der Waals surface area contributed by atoms with Crippen molar-refractivity contribution in [2.75, 3.05) is 18.5 Å². The first-order valence-electron chi connectivity index (χ1n) is 17.3. The number of nitrogens with zero attached hydrogens (tertiary/aromatic N) is 3. The summed E-state index contributed by atoms with van der Waals surface area (Å²) in [5.41, 5.74) is 3.50.